The molecule has 0 spiro atoms. The van der Waals surface area contributed by atoms with Crippen LogP contribution >= 0.6 is 0 Å². The van der Waals surface area contributed by atoms with Crippen molar-refractivity contribution in [3.63, 3.8) is 0 Å². The van der Waals surface area contributed by atoms with Crippen LogP contribution < -0.4 is 4.74 Å². The molecule has 0 heterocycles. The lowest BCUT2D eigenvalue weighted by molar-refractivity contribution is -0.150. The highest BCUT2D eigenvalue weighted by atomic mass is 16.5. The van der Waals surface area contributed by atoms with Crippen LogP contribution in [0.5, 0.6) is 5.75 Å². The topological polar surface area (TPSA) is 52.6 Å². The van der Waals surface area contributed by atoms with E-state index in [1.807, 2.05) is 13.0 Å². The van der Waals surface area contributed by atoms with Gasteiger partial charge in [0.25, 0.3) is 0 Å². The Balaban J connectivity index is 2.52. The van der Waals surface area contributed by atoms with Crippen molar-refractivity contribution in [1.82, 2.24) is 0 Å². The van der Waals surface area contributed by atoms with Crippen LogP contribution in [0.4, 0.5) is 0 Å². The summed E-state index contributed by atoms with van der Waals surface area (Å²) in [6.07, 6.45) is 5.12. The van der Waals surface area contributed by atoms with Gasteiger partial charge in [-0.3, -0.25) is 9.59 Å². The average Bonchev–Trinajstić information content (AvgIpc) is 2.65. The molecule has 0 amide bonds. The van der Waals surface area contributed by atoms with E-state index in [0.29, 0.717) is 25.4 Å². The van der Waals surface area contributed by atoms with Gasteiger partial charge in [-0.05, 0) is 63.1 Å². The number of benzene rings is 1. The van der Waals surface area contributed by atoms with Gasteiger partial charge < -0.3 is 9.47 Å². The number of esters is 1. The highest BCUT2D eigenvalue weighted by Gasteiger charge is 2.21. The maximum atomic E-state index is 12.1. The first-order valence-electron chi connectivity index (χ1n) is 9.81. The predicted octanol–water partition coefficient (Wildman–Crippen LogP) is 5.25. The SMILES string of the molecule is CCOC(=O)C(C)C(=O)CC/C(C)=C/CCc1ccc(OC)c(C(C)C)c1. The molecule has 0 aromatic heterocycles. The fourth-order valence-corrected chi connectivity index (χ4v) is 2.91. The van der Waals surface area contributed by atoms with Crippen molar-refractivity contribution < 1.29 is 19.1 Å². The highest BCUT2D eigenvalue weighted by Crippen LogP contribution is 2.27. The number of hydrogen-bond donors (Lipinski definition) is 0. The van der Waals surface area contributed by atoms with Crippen molar-refractivity contribution in [2.75, 3.05) is 13.7 Å². The molecule has 1 unspecified atom stereocenters. The zero-order valence-electron chi connectivity index (χ0n) is 17.6. The van der Waals surface area contributed by atoms with E-state index in [1.165, 1.54) is 16.7 Å². The maximum absolute atomic E-state index is 12.1. The van der Waals surface area contributed by atoms with Crippen LogP contribution in [0.2, 0.25) is 0 Å². The van der Waals surface area contributed by atoms with Crippen molar-refractivity contribution in [2.24, 2.45) is 5.92 Å². The average molecular weight is 375 g/mol. The van der Waals surface area contributed by atoms with Crippen molar-refractivity contribution in [3.05, 3.63) is 41.0 Å². The number of hydrogen-bond acceptors (Lipinski definition) is 4. The number of ether oxygens (including phenoxy) is 2. The fraction of sp³-hybridized carbons (Fsp3) is 0.565. The third kappa shape index (κ3) is 7.58. The normalized spacial score (nSPS) is 12.8. The quantitative estimate of drug-likeness (QED) is 0.302. The molecule has 150 valence electrons. The van der Waals surface area contributed by atoms with Crippen molar-refractivity contribution in [3.8, 4) is 5.75 Å². The number of aryl methyl sites for hydroxylation is 1. The van der Waals surface area contributed by atoms with E-state index >= 15 is 0 Å². The lowest BCUT2D eigenvalue weighted by Gasteiger charge is -2.13. The molecule has 1 aromatic carbocycles. The van der Waals surface area contributed by atoms with Gasteiger partial charge in [0, 0.05) is 6.42 Å². The summed E-state index contributed by atoms with van der Waals surface area (Å²) in [5.74, 6) is 0.202. The zero-order chi connectivity index (χ0) is 20.4. The Hall–Kier alpha value is -2.10. The summed E-state index contributed by atoms with van der Waals surface area (Å²) < 4.78 is 10.3. The lowest BCUT2D eigenvalue weighted by Crippen LogP contribution is -2.23. The maximum Gasteiger partial charge on any atom is 0.316 e. The predicted molar refractivity (Wildman–Crippen MR) is 109 cm³/mol. The van der Waals surface area contributed by atoms with Crippen LogP contribution in [0.3, 0.4) is 0 Å². The van der Waals surface area contributed by atoms with E-state index in [9.17, 15) is 9.59 Å². The Labute approximate surface area is 163 Å². The van der Waals surface area contributed by atoms with Gasteiger partial charge in [-0.2, -0.15) is 0 Å². The molecule has 0 aliphatic rings. The molecular weight excluding hydrogens is 340 g/mol. The molecule has 0 saturated heterocycles. The van der Waals surface area contributed by atoms with Crippen LogP contribution in [-0.4, -0.2) is 25.5 Å². The van der Waals surface area contributed by atoms with Gasteiger partial charge >= 0.3 is 5.97 Å². The molecule has 0 aliphatic heterocycles. The minimum Gasteiger partial charge on any atom is -0.496 e. The molecule has 4 nitrogen and oxygen atoms in total. The lowest BCUT2D eigenvalue weighted by atomic mass is 9.97. The molecule has 1 atom stereocenters. The van der Waals surface area contributed by atoms with Crippen LogP contribution in [0.25, 0.3) is 0 Å². The standard InChI is InChI=1S/C23H34O4/c1-7-27-23(25)18(5)21(24)13-11-17(4)9-8-10-19-12-14-22(26-6)20(15-19)16(2)3/h9,12,14-16,18H,7-8,10-11,13H2,1-6H3/b17-9+. The van der Waals surface area contributed by atoms with E-state index in [4.69, 9.17) is 9.47 Å². The Kier molecular flexibility index (Phi) is 9.84. The van der Waals surface area contributed by atoms with E-state index in [2.05, 4.69) is 32.1 Å². The first-order chi connectivity index (χ1) is 12.8. The summed E-state index contributed by atoms with van der Waals surface area (Å²) in [6.45, 7) is 10.0. The number of allylic oxidation sites excluding steroid dienone is 2. The van der Waals surface area contributed by atoms with Gasteiger partial charge in [0.2, 0.25) is 0 Å². The molecule has 1 aromatic rings. The summed E-state index contributed by atoms with van der Waals surface area (Å²) in [6, 6.07) is 6.37. The Morgan fingerprint density at radius 1 is 1.15 bits per heavy atom. The minimum absolute atomic E-state index is 0.0575. The molecular formula is C23H34O4. The molecule has 27 heavy (non-hydrogen) atoms. The second-order valence-electron chi connectivity index (χ2n) is 7.26. The number of carbonyl (C=O) groups is 2. The number of rotatable bonds is 11. The molecule has 0 saturated carbocycles. The number of methoxy groups -OCH3 is 1. The third-order valence-electron chi connectivity index (χ3n) is 4.73. The van der Waals surface area contributed by atoms with E-state index in [0.717, 1.165) is 18.6 Å². The molecule has 0 N–H and O–H groups in total. The minimum atomic E-state index is -0.675. The van der Waals surface area contributed by atoms with Crippen molar-refractivity contribution >= 4 is 11.8 Å². The van der Waals surface area contributed by atoms with Crippen LogP contribution in [0, 0.1) is 5.92 Å². The Morgan fingerprint density at radius 2 is 1.85 bits per heavy atom. The molecule has 1 rings (SSSR count). The van der Waals surface area contributed by atoms with Gasteiger partial charge in [0.1, 0.15) is 17.5 Å². The van der Waals surface area contributed by atoms with Gasteiger partial charge in [-0.25, -0.2) is 0 Å². The molecule has 0 aliphatic carbocycles. The van der Waals surface area contributed by atoms with Crippen LogP contribution in [-0.2, 0) is 20.7 Å². The van der Waals surface area contributed by atoms with Gasteiger partial charge in [-0.1, -0.05) is 37.6 Å². The Morgan fingerprint density at radius 3 is 2.44 bits per heavy atom. The number of carbonyl (C=O) groups excluding carboxylic acids is 2. The first-order valence-corrected chi connectivity index (χ1v) is 9.81. The zero-order valence-corrected chi connectivity index (χ0v) is 17.6. The molecule has 0 radical (unpaired) electrons. The van der Waals surface area contributed by atoms with Crippen molar-refractivity contribution in [1.29, 1.82) is 0 Å². The monoisotopic (exact) mass is 374 g/mol. The van der Waals surface area contributed by atoms with Gasteiger partial charge in [0.05, 0.1) is 13.7 Å². The van der Waals surface area contributed by atoms with E-state index < -0.39 is 11.9 Å². The molecule has 4 heteroatoms. The largest absolute Gasteiger partial charge is 0.496 e. The molecule has 0 fully saturated rings. The van der Waals surface area contributed by atoms with E-state index in [1.54, 1.807) is 21.0 Å². The fourth-order valence-electron chi connectivity index (χ4n) is 2.91. The smallest absolute Gasteiger partial charge is 0.316 e. The number of ketones is 1. The summed E-state index contributed by atoms with van der Waals surface area (Å²) in [4.78, 5) is 23.7. The van der Waals surface area contributed by atoms with Crippen LogP contribution in [0.15, 0.2) is 29.8 Å². The Bertz CT molecular complexity index is 658. The van der Waals surface area contributed by atoms with Crippen molar-refractivity contribution in [2.45, 2.75) is 66.2 Å². The van der Waals surface area contributed by atoms with E-state index in [-0.39, 0.29) is 5.78 Å². The summed E-state index contributed by atoms with van der Waals surface area (Å²) in [7, 11) is 1.71. The first kappa shape index (κ1) is 22.9. The van der Waals surface area contributed by atoms with Crippen LogP contribution in [0.1, 0.15) is 70.9 Å². The summed E-state index contributed by atoms with van der Waals surface area (Å²) >= 11 is 0. The highest BCUT2D eigenvalue weighted by molar-refractivity contribution is 5.98. The number of Topliss-reactive ketones (excluding diaryl/α,β-unsaturated/α-hetero) is 1. The molecule has 0 bridgehead atoms. The third-order valence-corrected chi connectivity index (χ3v) is 4.73. The summed E-state index contributed by atoms with van der Waals surface area (Å²) in [5.41, 5.74) is 3.70. The second kappa shape index (κ2) is 11.6. The van der Waals surface area contributed by atoms with Gasteiger partial charge in [-0.15, -0.1) is 0 Å². The second-order valence-corrected chi connectivity index (χ2v) is 7.26. The summed E-state index contributed by atoms with van der Waals surface area (Å²) in [5, 5.41) is 0. The van der Waals surface area contributed by atoms with Gasteiger partial charge in [0.15, 0.2) is 0 Å².